The Hall–Kier alpha value is -1.30. The van der Waals surface area contributed by atoms with E-state index in [1.54, 1.807) is 5.56 Å². The summed E-state index contributed by atoms with van der Waals surface area (Å²) in [6.45, 7) is 0. The van der Waals surface area contributed by atoms with E-state index in [1.165, 1.54) is 87.8 Å². The lowest BCUT2D eigenvalue weighted by Gasteiger charge is -2.34. The maximum Gasteiger partial charge on any atom is -0.0152 e. The monoisotopic (exact) mass is 334 g/mol. The van der Waals surface area contributed by atoms with Crippen molar-refractivity contribution in [2.45, 2.75) is 77.0 Å². The largest absolute Gasteiger partial charge is 0.0616 e. The molecule has 0 saturated heterocycles. The summed E-state index contributed by atoms with van der Waals surface area (Å²) in [4.78, 5) is 0. The first-order valence-corrected chi connectivity index (χ1v) is 10.9. The highest BCUT2D eigenvalue weighted by Crippen LogP contribution is 2.39. The quantitative estimate of drug-likeness (QED) is 0.529. The Morgan fingerprint density at radius 2 is 1.40 bits per heavy atom. The van der Waals surface area contributed by atoms with Crippen molar-refractivity contribution in [2.75, 3.05) is 0 Å². The Morgan fingerprint density at radius 1 is 0.720 bits per heavy atom. The fourth-order valence-corrected chi connectivity index (χ4v) is 5.65. The molecule has 0 N–H and O–H groups in total. The second-order valence-corrected chi connectivity index (χ2v) is 8.74. The summed E-state index contributed by atoms with van der Waals surface area (Å²) in [6, 6.07) is 15.9. The van der Waals surface area contributed by atoms with Crippen LogP contribution in [0.2, 0.25) is 0 Å². The summed E-state index contributed by atoms with van der Waals surface area (Å²) in [7, 11) is 0. The molecular weight excluding hydrogens is 300 g/mol. The van der Waals surface area contributed by atoms with Gasteiger partial charge in [-0.05, 0) is 46.9 Å². The van der Waals surface area contributed by atoms with Crippen LogP contribution in [0.15, 0.2) is 42.5 Å². The number of hydrogen-bond donors (Lipinski definition) is 0. The maximum atomic E-state index is 2.40. The minimum absolute atomic E-state index is 0.911. The molecule has 0 heterocycles. The van der Waals surface area contributed by atoms with E-state index >= 15 is 0 Å². The molecule has 0 radical (unpaired) electrons. The Labute approximate surface area is 154 Å². The third-order valence-electron chi connectivity index (χ3n) is 7.04. The summed E-state index contributed by atoms with van der Waals surface area (Å²) in [5.41, 5.74) is 1.60. The lowest BCUT2D eigenvalue weighted by Crippen LogP contribution is -2.24. The average molecular weight is 335 g/mol. The zero-order valence-electron chi connectivity index (χ0n) is 15.8. The smallest absolute Gasteiger partial charge is 0.0152 e. The van der Waals surface area contributed by atoms with Gasteiger partial charge in [-0.1, -0.05) is 107 Å². The number of benzene rings is 2. The van der Waals surface area contributed by atoms with Gasteiger partial charge in [0.15, 0.2) is 0 Å². The number of fused-ring (bicyclic) bond motifs is 1. The van der Waals surface area contributed by atoms with Crippen molar-refractivity contribution in [3.8, 4) is 0 Å². The van der Waals surface area contributed by atoms with Gasteiger partial charge in [0.2, 0.25) is 0 Å². The van der Waals surface area contributed by atoms with Gasteiger partial charge in [0.25, 0.3) is 0 Å². The molecule has 0 aliphatic heterocycles. The molecule has 1 unspecified atom stereocenters. The van der Waals surface area contributed by atoms with E-state index in [0.717, 1.165) is 17.8 Å². The third-order valence-corrected chi connectivity index (χ3v) is 7.04. The van der Waals surface area contributed by atoms with Gasteiger partial charge in [-0.15, -0.1) is 0 Å². The standard InChI is InChI=1S/C25H34/c1-3-10-20(11-4-1)18-24(21-12-5-2-6-13-21)19-23-16-9-15-22-14-7-8-17-25(22)23/h7-9,14-17,20-21,24H,1-6,10-13,18-19H2. The zero-order chi connectivity index (χ0) is 16.9. The van der Waals surface area contributed by atoms with Gasteiger partial charge < -0.3 is 0 Å². The van der Waals surface area contributed by atoms with E-state index in [2.05, 4.69) is 42.5 Å². The van der Waals surface area contributed by atoms with Gasteiger partial charge in [-0.2, -0.15) is 0 Å². The van der Waals surface area contributed by atoms with E-state index in [0.29, 0.717) is 0 Å². The van der Waals surface area contributed by atoms with E-state index in [-0.39, 0.29) is 0 Å². The van der Waals surface area contributed by atoms with Crippen LogP contribution in [0.4, 0.5) is 0 Å². The molecule has 0 spiro atoms. The van der Waals surface area contributed by atoms with Crippen LogP contribution >= 0.6 is 0 Å². The van der Waals surface area contributed by atoms with Crippen LogP contribution in [0.25, 0.3) is 10.8 Å². The van der Waals surface area contributed by atoms with Gasteiger partial charge in [-0.3, -0.25) is 0 Å². The van der Waals surface area contributed by atoms with Crippen molar-refractivity contribution in [2.24, 2.45) is 17.8 Å². The molecule has 1 atom stereocenters. The fourth-order valence-electron chi connectivity index (χ4n) is 5.65. The molecule has 2 fully saturated rings. The van der Waals surface area contributed by atoms with Crippen molar-refractivity contribution in [1.82, 2.24) is 0 Å². The van der Waals surface area contributed by atoms with E-state index in [4.69, 9.17) is 0 Å². The predicted octanol–water partition coefficient (Wildman–Crippen LogP) is 7.55. The minimum atomic E-state index is 0.911. The summed E-state index contributed by atoms with van der Waals surface area (Å²) in [5.74, 6) is 2.90. The zero-order valence-corrected chi connectivity index (χ0v) is 15.8. The third kappa shape index (κ3) is 4.27. The van der Waals surface area contributed by atoms with Crippen molar-refractivity contribution in [3.63, 3.8) is 0 Å². The van der Waals surface area contributed by atoms with Crippen LogP contribution in [0.5, 0.6) is 0 Å². The predicted molar refractivity (Wildman–Crippen MR) is 109 cm³/mol. The molecule has 4 rings (SSSR count). The normalized spacial score (nSPS) is 21.4. The van der Waals surface area contributed by atoms with Crippen LogP contribution in [0.1, 0.15) is 76.2 Å². The molecule has 0 nitrogen and oxygen atoms in total. The molecule has 25 heavy (non-hydrogen) atoms. The average Bonchev–Trinajstić information content (AvgIpc) is 2.69. The summed E-state index contributed by atoms with van der Waals surface area (Å²) < 4.78 is 0. The van der Waals surface area contributed by atoms with Gasteiger partial charge >= 0.3 is 0 Å². The number of rotatable bonds is 5. The van der Waals surface area contributed by atoms with Crippen molar-refractivity contribution >= 4 is 10.8 Å². The second-order valence-electron chi connectivity index (χ2n) is 8.74. The minimum Gasteiger partial charge on any atom is -0.0616 e. The summed E-state index contributed by atoms with van der Waals surface area (Å²) >= 11 is 0. The first kappa shape index (κ1) is 17.1. The molecular formula is C25H34. The Bertz CT molecular complexity index is 653. The van der Waals surface area contributed by atoms with Crippen molar-refractivity contribution in [1.29, 1.82) is 0 Å². The van der Waals surface area contributed by atoms with E-state index in [9.17, 15) is 0 Å². The molecule has 2 saturated carbocycles. The van der Waals surface area contributed by atoms with Crippen molar-refractivity contribution in [3.05, 3.63) is 48.0 Å². The van der Waals surface area contributed by atoms with Crippen LogP contribution in [0, 0.1) is 17.8 Å². The highest BCUT2D eigenvalue weighted by atomic mass is 14.3. The van der Waals surface area contributed by atoms with Gasteiger partial charge in [-0.25, -0.2) is 0 Å². The van der Waals surface area contributed by atoms with Crippen LogP contribution in [-0.4, -0.2) is 0 Å². The molecule has 0 heteroatoms. The first-order chi connectivity index (χ1) is 12.4. The topological polar surface area (TPSA) is 0 Å². The van der Waals surface area contributed by atoms with E-state index in [1.807, 2.05) is 0 Å². The van der Waals surface area contributed by atoms with Crippen LogP contribution < -0.4 is 0 Å². The maximum absolute atomic E-state index is 2.40. The fraction of sp³-hybridized carbons (Fsp3) is 0.600. The Balaban J connectivity index is 1.55. The molecule has 0 amide bonds. The highest BCUT2D eigenvalue weighted by molar-refractivity contribution is 5.85. The van der Waals surface area contributed by atoms with Gasteiger partial charge in [0, 0.05) is 0 Å². The lowest BCUT2D eigenvalue weighted by atomic mass is 9.71. The first-order valence-electron chi connectivity index (χ1n) is 10.9. The van der Waals surface area contributed by atoms with Gasteiger partial charge in [0.1, 0.15) is 0 Å². The molecule has 2 aliphatic carbocycles. The van der Waals surface area contributed by atoms with Crippen LogP contribution in [0.3, 0.4) is 0 Å². The molecule has 2 aromatic carbocycles. The van der Waals surface area contributed by atoms with Crippen molar-refractivity contribution < 1.29 is 0 Å². The van der Waals surface area contributed by atoms with E-state index < -0.39 is 0 Å². The molecule has 134 valence electrons. The summed E-state index contributed by atoms with van der Waals surface area (Å²) in [6.07, 6.45) is 17.6. The molecule has 2 aliphatic rings. The second kappa shape index (κ2) is 8.39. The molecule has 0 aromatic heterocycles. The van der Waals surface area contributed by atoms with Crippen LogP contribution in [-0.2, 0) is 6.42 Å². The lowest BCUT2D eigenvalue weighted by molar-refractivity contribution is 0.189. The summed E-state index contributed by atoms with van der Waals surface area (Å²) in [5, 5.41) is 2.91. The van der Waals surface area contributed by atoms with Gasteiger partial charge in [0.05, 0.1) is 0 Å². The molecule has 2 aromatic rings. The number of hydrogen-bond acceptors (Lipinski definition) is 0. The molecule has 0 bridgehead atoms. The SMILES string of the molecule is c1ccc2c(CC(CC3CCCCC3)C3CCCCC3)cccc2c1. The Morgan fingerprint density at radius 3 is 2.20 bits per heavy atom. The highest BCUT2D eigenvalue weighted by Gasteiger charge is 2.27. The Kier molecular flexibility index (Phi) is 5.75.